The minimum atomic E-state index is 0.119. The Morgan fingerprint density at radius 3 is 2.44 bits per heavy atom. The number of nitrogens with one attached hydrogen (secondary N) is 1. The van der Waals surface area contributed by atoms with Crippen LogP contribution < -0.4 is 11.1 Å². The van der Waals surface area contributed by atoms with Crippen LogP contribution in [0.4, 0.5) is 0 Å². The normalized spacial score (nSPS) is 21.6. The fraction of sp³-hybridized carbons (Fsp3) is 0.933. The molecular weight excluding hydrogens is 224 g/mol. The van der Waals surface area contributed by atoms with Crippen molar-refractivity contribution in [2.24, 2.45) is 17.1 Å². The van der Waals surface area contributed by atoms with E-state index in [1.807, 2.05) is 13.8 Å². The predicted molar refractivity (Wildman–Crippen MR) is 76.2 cm³/mol. The molecule has 3 nitrogen and oxygen atoms in total. The Bertz CT molecular complexity index is 257. The molecule has 1 saturated carbocycles. The van der Waals surface area contributed by atoms with E-state index in [-0.39, 0.29) is 17.9 Å². The van der Waals surface area contributed by atoms with Crippen LogP contribution in [0.15, 0.2) is 0 Å². The number of hydrogen-bond acceptors (Lipinski definition) is 2. The molecule has 1 aliphatic rings. The third-order valence-electron chi connectivity index (χ3n) is 4.24. The Labute approximate surface area is 112 Å². The van der Waals surface area contributed by atoms with Gasteiger partial charge in [-0.15, -0.1) is 0 Å². The van der Waals surface area contributed by atoms with Crippen LogP contribution >= 0.6 is 0 Å². The Balaban J connectivity index is 2.19. The maximum atomic E-state index is 12.0. The summed E-state index contributed by atoms with van der Waals surface area (Å²) >= 11 is 0. The lowest BCUT2D eigenvalue weighted by molar-refractivity contribution is -0.125. The van der Waals surface area contributed by atoms with E-state index in [9.17, 15) is 4.79 Å². The lowest BCUT2D eigenvalue weighted by Gasteiger charge is -2.24. The van der Waals surface area contributed by atoms with Crippen LogP contribution in [-0.4, -0.2) is 18.5 Å². The van der Waals surface area contributed by atoms with Crippen molar-refractivity contribution < 1.29 is 4.79 Å². The molecule has 2 unspecified atom stereocenters. The molecule has 0 aromatic heterocycles. The molecule has 0 aromatic carbocycles. The summed E-state index contributed by atoms with van der Waals surface area (Å²) in [5, 5.41) is 3.13. The monoisotopic (exact) mass is 254 g/mol. The molecule has 1 rings (SSSR count). The van der Waals surface area contributed by atoms with Crippen LogP contribution in [0.1, 0.15) is 65.7 Å². The summed E-state index contributed by atoms with van der Waals surface area (Å²) in [5.74, 6) is 0.335. The number of carbonyl (C=O) groups excluding carboxylic acids is 1. The van der Waals surface area contributed by atoms with Gasteiger partial charge in [-0.2, -0.15) is 0 Å². The van der Waals surface area contributed by atoms with Gasteiger partial charge < -0.3 is 11.1 Å². The van der Waals surface area contributed by atoms with Gasteiger partial charge in [-0.25, -0.2) is 0 Å². The third-order valence-corrected chi connectivity index (χ3v) is 4.24. The molecule has 1 fully saturated rings. The maximum absolute atomic E-state index is 12.0. The molecule has 18 heavy (non-hydrogen) atoms. The van der Waals surface area contributed by atoms with E-state index >= 15 is 0 Å². The number of hydrogen-bond donors (Lipinski definition) is 2. The summed E-state index contributed by atoms with van der Waals surface area (Å²) in [6, 6.07) is 0.248. The summed E-state index contributed by atoms with van der Waals surface area (Å²) in [7, 11) is 0. The van der Waals surface area contributed by atoms with Gasteiger partial charge in [0.1, 0.15) is 0 Å². The molecular formula is C15H30N2O. The molecule has 1 amide bonds. The van der Waals surface area contributed by atoms with Crippen molar-refractivity contribution in [2.45, 2.75) is 71.8 Å². The SMILES string of the molecule is CC(N)CCCC(C)C(=O)NCC1(C)CCCC1. The van der Waals surface area contributed by atoms with Crippen molar-refractivity contribution >= 4 is 5.91 Å². The van der Waals surface area contributed by atoms with Crippen molar-refractivity contribution in [3.63, 3.8) is 0 Å². The average molecular weight is 254 g/mol. The summed E-state index contributed by atoms with van der Waals surface area (Å²) in [6.07, 6.45) is 8.15. The zero-order chi connectivity index (χ0) is 13.6. The van der Waals surface area contributed by atoms with Crippen molar-refractivity contribution in [3.05, 3.63) is 0 Å². The molecule has 0 spiro atoms. The summed E-state index contributed by atoms with van der Waals surface area (Å²) in [4.78, 5) is 12.0. The third kappa shape index (κ3) is 5.38. The number of rotatable bonds is 7. The van der Waals surface area contributed by atoms with Crippen LogP contribution in [0.25, 0.3) is 0 Å². The number of carbonyl (C=O) groups is 1. The lowest BCUT2D eigenvalue weighted by atomic mass is 9.88. The quantitative estimate of drug-likeness (QED) is 0.734. The van der Waals surface area contributed by atoms with E-state index in [4.69, 9.17) is 5.73 Å². The molecule has 106 valence electrons. The fourth-order valence-corrected chi connectivity index (χ4v) is 2.76. The van der Waals surface area contributed by atoms with Crippen LogP contribution in [0.3, 0.4) is 0 Å². The van der Waals surface area contributed by atoms with Gasteiger partial charge in [0.05, 0.1) is 0 Å². The standard InChI is InChI=1S/C15H30N2O/c1-12(7-6-8-13(2)16)14(18)17-11-15(3)9-4-5-10-15/h12-13H,4-11,16H2,1-3H3,(H,17,18). The van der Waals surface area contributed by atoms with Gasteiger partial charge in [0.2, 0.25) is 5.91 Å². The average Bonchev–Trinajstić information content (AvgIpc) is 2.73. The number of amides is 1. The highest BCUT2D eigenvalue weighted by Crippen LogP contribution is 2.36. The van der Waals surface area contributed by atoms with Crippen molar-refractivity contribution in [1.29, 1.82) is 0 Å². The zero-order valence-electron chi connectivity index (χ0n) is 12.3. The minimum absolute atomic E-state index is 0.119. The van der Waals surface area contributed by atoms with Gasteiger partial charge in [-0.3, -0.25) is 4.79 Å². The smallest absolute Gasteiger partial charge is 0.222 e. The first-order chi connectivity index (χ1) is 8.43. The van der Waals surface area contributed by atoms with E-state index in [1.165, 1.54) is 25.7 Å². The van der Waals surface area contributed by atoms with E-state index in [0.29, 0.717) is 5.41 Å². The molecule has 2 atom stereocenters. The zero-order valence-corrected chi connectivity index (χ0v) is 12.3. The highest BCUT2D eigenvalue weighted by molar-refractivity contribution is 5.78. The molecule has 3 N–H and O–H groups in total. The van der Waals surface area contributed by atoms with Crippen molar-refractivity contribution in [3.8, 4) is 0 Å². The van der Waals surface area contributed by atoms with Crippen molar-refractivity contribution in [1.82, 2.24) is 5.32 Å². The summed E-state index contributed by atoms with van der Waals surface area (Å²) < 4.78 is 0. The van der Waals surface area contributed by atoms with Crippen LogP contribution in [0.5, 0.6) is 0 Å². The molecule has 1 aliphatic carbocycles. The van der Waals surface area contributed by atoms with Gasteiger partial charge >= 0.3 is 0 Å². The Hall–Kier alpha value is -0.570. The lowest BCUT2D eigenvalue weighted by Crippen LogP contribution is -2.37. The first-order valence-corrected chi connectivity index (χ1v) is 7.46. The molecule has 0 heterocycles. The largest absolute Gasteiger partial charge is 0.355 e. The highest BCUT2D eigenvalue weighted by Gasteiger charge is 2.29. The molecule has 0 radical (unpaired) electrons. The van der Waals surface area contributed by atoms with Gasteiger partial charge in [0.25, 0.3) is 0 Å². The fourth-order valence-electron chi connectivity index (χ4n) is 2.76. The topological polar surface area (TPSA) is 55.1 Å². The molecule has 0 bridgehead atoms. The second kappa shape index (κ2) is 7.13. The number of nitrogens with two attached hydrogens (primary N) is 1. The molecule has 0 saturated heterocycles. The van der Waals surface area contributed by atoms with Gasteiger partial charge in [-0.05, 0) is 38.0 Å². The van der Waals surface area contributed by atoms with E-state index < -0.39 is 0 Å². The molecule has 3 heteroatoms. The first kappa shape index (κ1) is 15.5. The van der Waals surface area contributed by atoms with Gasteiger partial charge in [0.15, 0.2) is 0 Å². The van der Waals surface area contributed by atoms with Crippen molar-refractivity contribution in [2.75, 3.05) is 6.54 Å². The predicted octanol–water partition coefficient (Wildman–Crippen LogP) is 2.84. The highest BCUT2D eigenvalue weighted by atomic mass is 16.1. The van der Waals surface area contributed by atoms with Gasteiger partial charge in [0, 0.05) is 18.5 Å². The first-order valence-electron chi connectivity index (χ1n) is 7.46. The minimum Gasteiger partial charge on any atom is -0.355 e. The van der Waals surface area contributed by atoms with E-state index in [2.05, 4.69) is 12.2 Å². The second-order valence-corrected chi connectivity index (χ2v) is 6.54. The van der Waals surface area contributed by atoms with E-state index in [0.717, 1.165) is 25.8 Å². The van der Waals surface area contributed by atoms with Crippen LogP contribution in [-0.2, 0) is 4.79 Å². The molecule has 0 aliphatic heterocycles. The maximum Gasteiger partial charge on any atom is 0.222 e. The Morgan fingerprint density at radius 2 is 1.89 bits per heavy atom. The van der Waals surface area contributed by atoms with E-state index in [1.54, 1.807) is 0 Å². The Kier molecular flexibility index (Phi) is 6.13. The van der Waals surface area contributed by atoms with Gasteiger partial charge in [-0.1, -0.05) is 33.1 Å². The van der Waals surface area contributed by atoms with Crippen LogP contribution in [0.2, 0.25) is 0 Å². The summed E-state index contributed by atoms with van der Waals surface area (Å²) in [5.41, 5.74) is 6.06. The Morgan fingerprint density at radius 1 is 1.28 bits per heavy atom. The molecule has 0 aromatic rings. The second-order valence-electron chi connectivity index (χ2n) is 6.54. The summed E-state index contributed by atoms with van der Waals surface area (Å²) in [6.45, 7) is 7.18. The van der Waals surface area contributed by atoms with Crippen LogP contribution in [0, 0.1) is 11.3 Å².